The highest BCUT2D eigenvalue weighted by molar-refractivity contribution is 7.94. The molecule has 0 aliphatic heterocycles. The van der Waals surface area contributed by atoms with E-state index in [0.29, 0.717) is 12.8 Å². The predicted octanol–water partition coefficient (Wildman–Crippen LogP) is 6.98. The standard InChI is InChI=1S/C26H39O6PS/c1-6-10-22-13-17-24(18-14-22)25-19-15-23(16-20-25)11-9-12-26(34(28,29)32-21(4)5)33(27,30-7-2)31-8-3/h13-21,26H,6-12H2,1-5H3. The van der Waals surface area contributed by atoms with Crippen LogP contribution in [-0.4, -0.2) is 32.7 Å². The second kappa shape index (κ2) is 13.6. The van der Waals surface area contributed by atoms with Crippen LogP contribution in [0.4, 0.5) is 0 Å². The lowest BCUT2D eigenvalue weighted by Gasteiger charge is -2.26. The molecular formula is C26H39O6PS. The summed E-state index contributed by atoms with van der Waals surface area (Å²) < 4.78 is 55.0. The van der Waals surface area contributed by atoms with Crippen LogP contribution in [0.2, 0.25) is 0 Å². The van der Waals surface area contributed by atoms with Crippen molar-refractivity contribution in [3.63, 3.8) is 0 Å². The molecule has 0 fully saturated rings. The third-order valence-electron chi connectivity index (χ3n) is 5.33. The summed E-state index contributed by atoms with van der Waals surface area (Å²) in [6, 6.07) is 16.9. The van der Waals surface area contributed by atoms with Crippen molar-refractivity contribution in [1.82, 2.24) is 0 Å². The molecule has 8 heteroatoms. The average Bonchev–Trinajstić information content (AvgIpc) is 2.77. The van der Waals surface area contributed by atoms with Gasteiger partial charge in [-0.3, -0.25) is 8.75 Å². The maximum absolute atomic E-state index is 13.3. The summed E-state index contributed by atoms with van der Waals surface area (Å²) in [4.78, 5) is -1.36. The van der Waals surface area contributed by atoms with Gasteiger partial charge in [-0.05, 0) is 75.6 Å². The quantitative estimate of drug-likeness (QED) is 0.190. The maximum Gasteiger partial charge on any atom is 0.351 e. The highest BCUT2D eigenvalue weighted by Crippen LogP contribution is 2.57. The van der Waals surface area contributed by atoms with Gasteiger partial charge in [-0.2, -0.15) is 8.42 Å². The van der Waals surface area contributed by atoms with E-state index in [0.717, 1.165) is 29.5 Å². The highest BCUT2D eigenvalue weighted by atomic mass is 32.2. The molecule has 2 rings (SSSR count). The molecule has 0 saturated heterocycles. The van der Waals surface area contributed by atoms with Gasteiger partial charge in [0.2, 0.25) is 0 Å². The first kappa shape index (κ1) is 28.7. The smallest absolute Gasteiger partial charge is 0.308 e. The predicted molar refractivity (Wildman–Crippen MR) is 139 cm³/mol. The summed E-state index contributed by atoms with van der Waals surface area (Å²) in [6.45, 7) is 8.93. The van der Waals surface area contributed by atoms with Gasteiger partial charge < -0.3 is 9.05 Å². The van der Waals surface area contributed by atoms with E-state index in [-0.39, 0.29) is 19.6 Å². The number of benzene rings is 2. The summed E-state index contributed by atoms with van der Waals surface area (Å²) in [5.74, 6) is 0. The summed E-state index contributed by atoms with van der Waals surface area (Å²) >= 11 is 0. The van der Waals surface area contributed by atoms with Crippen LogP contribution >= 0.6 is 7.60 Å². The van der Waals surface area contributed by atoms with Crippen LogP contribution in [0.1, 0.15) is 65.0 Å². The van der Waals surface area contributed by atoms with Crippen LogP contribution in [0.15, 0.2) is 48.5 Å². The van der Waals surface area contributed by atoms with E-state index in [4.69, 9.17) is 13.2 Å². The first-order chi connectivity index (χ1) is 16.1. The van der Waals surface area contributed by atoms with Crippen LogP contribution in [0, 0.1) is 0 Å². The van der Waals surface area contributed by atoms with Crippen molar-refractivity contribution in [1.29, 1.82) is 0 Å². The lowest BCUT2D eigenvalue weighted by molar-refractivity contribution is 0.209. The Hall–Kier alpha value is -1.50. The Kier molecular flexibility index (Phi) is 11.5. The second-order valence-electron chi connectivity index (χ2n) is 8.50. The van der Waals surface area contributed by atoms with Crippen LogP contribution in [-0.2, 0) is 40.8 Å². The van der Waals surface area contributed by atoms with Gasteiger partial charge in [0.1, 0.15) is 0 Å². The molecule has 0 N–H and O–H groups in total. The molecule has 2 aromatic carbocycles. The Morgan fingerprint density at radius 1 is 0.794 bits per heavy atom. The monoisotopic (exact) mass is 510 g/mol. The van der Waals surface area contributed by atoms with Gasteiger partial charge in [0.15, 0.2) is 4.99 Å². The van der Waals surface area contributed by atoms with Crippen molar-refractivity contribution in [3.05, 3.63) is 59.7 Å². The number of hydrogen-bond donors (Lipinski definition) is 0. The van der Waals surface area contributed by atoms with Gasteiger partial charge in [0.25, 0.3) is 10.1 Å². The molecule has 0 aromatic heterocycles. The van der Waals surface area contributed by atoms with Gasteiger partial charge in [-0.25, -0.2) is 0 Å². The van der Waals surface area contributed by atoms with Crippen molar-refractivity contribution in [2.24, 2.45) is 0 Å². The van der Waals surface area contributed by atoms with Crippen molar-refractivity contribution in [3.8, 4) is 11.1 Å². The number of rotatable bonds is 15. The third kappa shape index (κ3) is 8.31. The number of hydrogen-bond acceptors (Lipinski definition) is 6. The molecule has 6 nitrogen and oxygen atoms in total. The van der Waals surface area contributed by atoms with Crippen LogP contribution in [0.25, 0.3) is 11.1 Å². The Labute approximate surface area is 205 Å². The molecule has 0 spiro atoms. The van der Waals surface area contributed by atoms with Gasteiger partial charge in [0, 0.05) is 0 Å². The van der Waals surface area contributed by atoms with Crippen molar-refractivity contribution in [2.75, 3.05) is 13.2 Å². The SMILES string of the molecule is CCCc1ccc(-c2ccc(CCCC(P(=O)(OCC)OCC)S(=O)(=O)OC(C)C)cc2)cc1. The minimum absolute atomic E-state index is 0.0891. The minimum Gasteiger partial charge on any atom is -0.308 e. The summed E-state index contributed by atoms with van der Waals surface area (Å²) in [5, 5.41) is 0. The average molecular weight is 511 g/mol. The molecule has 0 amide bonds. The Balaban J connectivity index is 2.11. The zero-order chi connectivity index (χ0) is 25.2. The van der Waals surface area contributed by atoms with Gasteiger partial charge in [-0.15, -0.1) is 0 Å². The van der Waals surface area contributed by atoms with Gasteiger partial charge in [-0.1, -0.05) is 61.9 Å². The summed E-state index contributed by atoms with van der Waals surface area (Å²) in [7, 11) is -8.04. The summed E-state index contributed by atoms with van der Waals surface area (Å²) in [5.41, 5.74) is 4.72. The van der Waals surface area contributed by atoms with Crippen molar-refractivity contribution >= 4 is 17.7 Å². The maximum atomic E-state index is 13.3. The van der Waals surface area contributed by atoms with E-state index < -0.39 is 28.8 Å². The summed E-state index contributed by atoms with van der Waals surface area (Å²) in [6.07, 6.45) is 2.91. The van der Waals surface area contributed by atoms with Crippen LogP contribution < -0.4 is 0 Å². The van der Waals surface area contributed by atoms with E-state index in [9.17, 15) is 13.0 Å². The molecule has 190 valence electrons. The van der Waals surface area contributed by atoms with E-state index in [1.807, 2.05) is 12.1 Å². The van der Waals surface area contributed by atoms with E-state index in [1.165, 1.54) is 5.56 Å². The van der Waals surface area contributed by atoms with Crippen molar-refractivity contribution in [2.45, 2.75) is 77.8 Å². The molecule has 1 unspecified atom stereocenters. The van der Waals surface area contributed by atoms with E-state index in [1.54, 1.807) is 27.7 Å². The van der Waals surface area contributed by atoms with Crippen molar-refractivity contribution < 1.29 is 26.2 Å². The highest BCUT2D eigenvalue weighted by Gasteiger charge is 2.45. The van der Waals surface area contributed by atoms with Gasteiger partial charge >= 0.3 is 7.60 Å². The first-order valence-corrected chi connectivity index (χ1v) is 15.2. The Morgan fingerprint density at radius 2 is 1.26 bits per heavy atom. The molecule has 2 aromatic rings. The fraction of sp³-hybridized carbons (Fsp3) is 0.538. The molecular weight excluding hydrogens is 471 g/mol. The molecule has 0 saturated carbocycles. The molecule has 0 heterocycles. The molecule has 0 aliphatic carbocycles. The lowest BCUT2D eigenvalue weighted by Crippen LogP contribution is -2.28. The molecule has 0 bridgehead atoms. The molecule has 34 heavy (non-hydrogen) atoms. The topological polar surface area (TPSA) is 78.9 Å². The largest absolute Gasteiger partial charge is 0.351 e. The van der Waals surface area contributed by atoms with E-state index in [2.05, 4.69) is 43.3 Å². The zero-order valence-corrected chi connectivity index (χ0v) is 22.7. The normalized spacial score (nSPS) is 13.4. The fourth-order valence-corrected chi connectivity index (χ4v) is 8.38. The van der Waals surface area contributed by atoms with Crippen LogP contribution in [0.3, 0.4) is 0 Å². The number of aryl methyl sites for hydroxylation is 2. The Morgan fingerprint density at radius 3 is 1.68 bits per heavy atom. The fourth-order valence-electron chi connectivity index (χ4n) is 3.85. The first-order valence-electron chi connectivity index (χ1n) is 12.1. The minimum atomic E-state index is -4.14. The molecule has 0 radical (unpaired) electrons. The molecule has 1 atom stereocenters. The van der Waals surface area contributed by atoms with Gasteiger partial charge in [0.05, 0.1) is 19.3 Å². The van der Waals surface area contributed by atoms with Crippen LogP contribution in [0.5, 0.6) is 0 Å². The third-order valence-corrected chi connectivity index (χ3v) is 10.6. The molecule has 0 aliphatic rings. The zero-order valence-electron chi connectivity index (χ0n) is 21.0. The lowest BCUT2D eigenvalue weighted by atomic mass is 10.00. The second-order valence-corrected chi connectivity index (χ2v) is 12.8. The van der Waals surface area contributed by atoms with E-state index >= 15 is 0 Å². The Bertz CT molecular complexity index is 1010.